The number of aliphatic carboxylic acids is 1. The highest BCUT2D eigenvalue weighted by Crippen LogP contribution is 2.20. The smallest absolute Gasteiger partial charge is 0.328 e. The number of amides is 2. The molecule has 8 heteroatoms. The fourth-order valence-corrected chi connectivity index (χ4v) is 2.04. The van der Waals surface area contributed by atoms with E-state index in [9.17, 15) is 18.8 Å². The number of rotatable bonds is 3. The molecule has 0 radical (unpaired) electrons. The number of methoxy groups -OCH3 is 1. The van der Waals surface area contributed by atoms with E-state index < -0.39 is 29.6 Å². The molecule has 2 N–H and O–H groups in total. The molecule has 0 aliphatic carbocycles. The molecule has 2 amide bonds. The fraction of sp³-hybridized carbons (Fsp3) is 0.308. The van der Waals surface area contributed by atoms with Gasteiger partial charge in [-0.3, -0.25) is 9.59 Å². The SMILES string of the molecule is COc1ccc(C(=O)N2CC(=O)NCC2C(=O)O)cc1F. The molecule has 1 aliphatic rings. The summed E-state index contributed by atoms with van der Waals surface area (Å²) in [5.74, 6) is -3.19. The lowest BCUT2D eigenvalue weighted by molar-refractivity contribution is -0.144. The molecule has 1 heterocycles. The third-order valence-corrected chi connectivity index (χ3v) is 3.13. The van der Waals surface area contributed by atoms with Crippen LogP contribution in [0.3, 0.4) is 0 Å². The minimum absolute atomic E-state index is 0.0299. The van der Waals surface area contributed by atoms with Gasteiger partial charge in [0, 0.05) is 12.1 Å². The fourth-order valence-electron chi connectivity index (χ4n) is 2.04. The van der Waals surface area contributed by atoms with E-state index >= 15 is 0 Å². The van der Waals surface area contributed by atoms with Crippen LogP contribution in [0.2, 0.25) is 0 Å². The van der Waals surface area contributed by atoms with E-state index in [-0.39, 0.29) is 24.4 Å². The van der Waals surface area contributed by atoms with Crippen LogP contribution < -0.4 is 10.1 Å². The lowest BCUT2D eigenvalue weighted by Gasteiger charge is -2.32. The number of hydrogen-bond donors (Lipinski definition) is 2. The van der Waals surface area contributed by atoms with Gasteiger partial charge in [-0.25, -0.2) is 9.18 Å². The maximum absolute atomic E-state index is 13.6. The molecule has 1 aromatic rings. The number of carboxylic acids is 1. The molecule has 1 aromatic carbocycles. The topological polar surface area (TPSA) is 95.9 Å². The zero-order chi connectivity index (χ0) is 15.6. The van der Waals surface area contributed by atoms with Crippen molar-refractivity contribution in [2.45, 2.75) is 6.04 Å². The second-order valence-corrected chi connectivity index (χ2v) is 4.44. The molecular formula is C13H13FN2O5. The molecule has 7 nitrogen and oxygen atoms in total. The number of nitrogens with zero attached hydrogens (tertiary/aromatic N) is 1. The lowest BCUT2D eigenvalue weighted by Crippen LogP contribution is -2.59. The van der Waals surface area contributed by atoms with Crippen LogP contribution in [0.1, 0.15) is 10.4 Å². The van der Waals surface area contributed by atoms with Crippen LogP contribution >= 0.6 is 0 Å². The zero-order valence-electron chi connectivity index (χ0n) is 11.1. The molecule has 21 heavy (non-hydrogen) atoms. The second-order valence-electron chi connectivity index (χ2n) is 4.44. The maximum Gasteiger partial charge on any atom is 0.328 e. The van der Waals surface area contributed by atoms with Gasteiger partial charge in [-0.15, -0.1) is 0 Å². The predicted octanol–water partition coefficient (Wildman–Crippen LogP) is -0.141. The Kier molecular flexibility index (Phi) is 4.06. The average molecular weight is 296 g/mol. The number of carbonyl (C=O) groups excluding carboxylic acids is 2. The highest BCUT2D eigenvalue weighted by molar-refractivity contribution is 6.00. The second kappa shape index (κ2) is 5.78. The summed E-state index contributed by atoms with van der Waals surface area (Å²) in [5.41, 5.74) is -0.0470. The van der Waals surface area contributed by atoms with Gasteiger partial charge in [0.15, 0.2) is 11.6 Å². The van der Waals surface area contributed by atoms with Gasteiger partial charge in [0.25, 0.3) is 5.91 Å². The van der Waals surface area contributed by atoms with E-state index in [4.69, 9.17) is 9.84 Å². The highest BCUT2D eigenvalue weighted by Gasteiger charge is 2.35. The largest absolute Gasteiger partial charge is 0.494 e. The van der Waals surface area contributed by atoms with Crippen LogP contribution in [0.25, 0.3) is 0 Å². The van der Waals surface area contributed by atoms with Gasteiger partial charge in [0.05, 0.1) is 7.11 Å². The molecule has 0 spiro atoms. The monoisotopic (exact) mass is 296 g/mol. The lowest BCUT2D eigenvalue weighted by atomic mass is 10.1. The third kappa shape index (κ3) is 2.93. The van der Waals surface area contributed by atoms with E-state index in [1.807, 2.05) is 0 Å². The molecule has 0 saturated carbocycles. The van der Waals surface area contributed by atoms with Crippen molar-refractivity contribution in [1.82, 2.24) is 10.2 Å². The first kappa shape index (κ1) is 14.8. The number of nitrogens with one attached hydrogen (secondary N) is 1. The van der Waals surface area contributed by atoms with Crippen LogP contribution in [0.4, 0.5) is 4.39 Å². The Morgan fingerprint density at radius 2 is 2.19 bits per heavy atom. The molecule has 0 aromatic heterocycles. The number of ether oxygens (including phenoxy) is 1. The molecule has 1 unspecified atom stereocenters. The normalized spacial score (nSPS) is 18.1. The molecule has 1 saturated heterocycles. The van der Waals surface area contributed by atoms with Gasteiger partial charge in [0.2, 0.25) is 5.91 Å². The molecule has 1 fully saturated rings. The maximum atomic E-state index is 13.6. The van der Waals surface area contributed by atoms with Crippen molar-refractivity contribution in [3.8, 4) is 5.75 Å². The molecule has 2 rings (SSSR count). The van der Waals surface area contributed by atoms with Crippen molar-refractivity contribution in [3.63, 3.8) is 0 Å². The Morgan fingerprint density at radius 1 is 1.48 bits per heavy atom. The minimum Gasteiger partial charge on any atom is -0.494 e. The van der Waals surface area contributed by atoms with E-state index in [1.54, 1.807) is 0 Å². The van der Waals surface area contributed by atoms with Crippen LogP contribution in [-0.2, 0) is 9.59 Å². The Morgan fingerprint density at radius 3 is 2.76 bits per heavy atom. The van der Waals surface area contributed by atoms with E-state index in [0.717, 1.165) is 11.0 Å². The van der Waals surface area contributed by atoms with E-state index in [2.05, 4.69) is 5.32 Å². The third-order valence-electron chi connectivity index (χ3n) is 3.13. The number of halogens is 1. The van der Waals surface area contributed by atoms with Crippen molar-refractivity contribution in [2.24, 2.45) is 0 Å². The van der Waals surface area contributed by atoms with Crippen LogP contribution in [-0.4, -0.2) is 54.0 Å². The number of carboxylic acid groups (broad SMARTS) is 1. The highest BCUT2D eigenvalue weighted by atomic mass is 19.1. The number of hydrogen-bond acceptors (Lipinski definition) is 4. The summed E-state index contributed by atoms with van der Waals surface area (Å²) in [6, 6.07) is 2.35. The number of benzene rings is 1. The van der Waals surface area contributed by atoms with Crippen molar-refractivity contribution in [3.05, 3.63) is 29.6 Å². The molecule has 1 aliphatic heterocycles. The van der Waals surface area contributed by atoms with E-state index in [1.165, 1.54) is 19.2 Å². The Bertz CT molecular complexity index is 604. The zero-order valence-corrected chi connectivity index (χ0v) is 11.1. The number of carbonyl (C=O) groups is 3. The van der Waals surface area contributed by atoms with Crippen LogP contribution in [0.15, 0.2) is 18.2 Å². The Hall–Kier alpha value is -2.64. The van der Waals surface area contributed by atoms with Crippen LogP contribution in [0.5, 0.6) is 5.75 Å². The summed E-state index contributed by atoms with van der Waals surface area (Å²) in [6.07, 6.45) is 0. The summed E-state index contributed by atoms with van der Waals surface area (Å²) in [7, 11) is 1.29. The molecule has 0 bridgehead atoms. The van der Waals surface area contributed by atoms with Crippen LogP contribution in [0, 0.1) is 5.82 Å². The van der Waals surface area contributed by atoms with Gasteiger partial charge in [-0.1, -0.05) is 0 Å². The van der Waals surface area contributed by atoms with Crippen molar-refractivity contribution in [2.75, 3.05) is 20.2 Å². The van der Waals surface area contributed by atoms with Gasteiger partial charge in [-0.2, -0.15) is 0 Å². The standard InChI is InChI=1S/C13H13FN2O5/c1-21-10-3-2-7(4-8(10)14)12(18)16-6-11(17)15-5-9(16)13(19)20/h2-4,9H,5-6H2,1H3,(H,15,17)(H,19,20). The summed E-state index contributed by atoms with van der Waals surface area (Å²) >= 11 is 0. The average Bonchev–Trinajstić information content (AvgIpc) is 2.45. The first-order chi connectivity index (χ1) is 9.93. The van der Waals surface area contributed by atoms with Gasteiger partial charge in [0.1, 0.15) is 12.6 Å². The predicted molar refractivity (Wildman–Crippen MR) is 68.4 cm³/mol. The minimum atomic E-state index is -1.24. The molecule has 1 atom stereocenters. The Balaban J connectivity index is 2.30. The van der Waals surface area contributed by atoms with Crippen molar-refractivity contribution >= 4 is 17.8 Å². The Labute approximate surface area is 119 Å². The van der Waals surface area contributed by atoms with Gasteiger partial charge >= 0.3 is 5.97 Å². The summed E-state index contributed by atoms with van der Waals surface area (Å²) in [5, 5.41) is 11.5. The summed E-state index contributed by atoms with van der Waals surface area (Å²) in [4.78, 5) is 35.7. The van der Waals surface area contributed by atoms with Gasteiger partial charge in [-0.05, 0) is 18.2 Å². The first-order valence-electron chi connectivity index (χ1n) is 6.08. The van der Waals surface area contributed by atoms with Crippen molar-refractivity contribution < 1.29 is 28.6 Å². The molecule has 112 valence electrons. The quantitative estimate of drug-likeness (QED) is 0.809. The number of piperazine rings is 1. The van der Waals surface area contributed by atoms with Gasteiger partial charge < -0.3 is 20.1 Å². The van der Waals surface area contributed by atoms with E-state index in [0.29, 0.717) is 0 Å². The molecular weight excluding hydrogens is 283 g/mol. The van der Waals surface area contributed by atoms with Crippen molar-refractivity contribution in [1.29, 1.82) is 0 Å². The first-order valence-corrected chi connectivity index (χ1v) is 6.08. The summed E-state index contributed by atoms with van der Waals surface area (Å²) in [6.45, 7) is -0.567. The summed E-state index contributed by atoms with van der Waals surface area (Å²) < 4.78 is 18.4.